The molecule has 0 heterocycles. The molecule has 0 aromatic rings. The lowest BCUT2D eigenvalue weighted by molar-refractivity contribution is -0.165. The Morgan fingerprint density at radius 2 is 2.06 bits per heavy atom. The summed E-state index contributed by atoms with van der Waals surface area (Å²) in [4.78, 5) is 22.0. The molecule has 1 atom stereocenters. The van der Waals surface area contributed by atoms with Gasteiger partial charge in [0.05, 0.1) is 13.5 Å². The first kappa shape index (κ1) is 14.6. The summed E-state index contributed by atoms with van der Waals surface area (Å²) in [6.45, 7) is 3.24. The predicted molar refractivity (Wildman–Crippen MR) is 54.2 cm³/mol. The van der Waals surface area contributed by atoms with Crippen LogP contribution in [-0.4, -0.2) is 42.2 Å². The molecule has 0 radical (unpaired) electrons. The third-order valence-electron chi connectivity index (χ3n) is 1.73. The van der Waals surface area contributed by atoms with Gasteiger partial charge in [0.2, 0.25) is 6.29 Å². The third-order valence-corrected chi connectivity index (χ3v) is 1.73. The average Bonchev–Trinajstić information content (AvgIpc) is 2.25. The van der Waals surface area contributed by atoms with Gasteiger partial charge in [-0.2, -0.15) is 0 Å². The molecule has 0 bridgehead atoms. The zero-order valence-electron chi connectivity index (χ0n) is 9.14. The Labute approximate surface area is 93.5 Å². The van der Waals surface area contributed by atoms with Crippen molar-refractivity contribution < 1.29 is 29.3 Å². The molecule has 0 aromatic heterocycles. The normalized spacial score (nSPS) is 11.7. The summed E-state index contributed by atoms with van der Waals surface area (Å²) in [7, 11) is 1.19. The minimum absolute atomic E-state index is 0.0881. The van der Waals surface area contributed by atoms with E-state index in [0.29, 0.717) is 6.42 Å². The SMILES string of the molecule is C=C(CC(=O)OC)C(=O)OC(O)CCCO. The van der Waals surface area contributed by atoms with Crippen LogP contribution in [0.25, 0.3) is 0 Å². The molecule has 6 heteroatoms. The first-order valence-electron chi connectivity index (χ1n) is 4.75. The monoisotopic (exact) mass is 232 g/mol. The van der Waals surface area contributed by atoms with Gasteiger partial charge in [-0.15, -0.1) is 0 Å². The first-order valence-corrected chi connectivity index (χ1v) is 4.75. The van der Waals surface area contributed by atoms with E-state index in [1.165, 1.54) is 7.11 Å². The van der Waals surface area contributed by atoms with Crippen molar-refractivity contribution in [3.63, 3.8) is 0 Å². The Morgan fingerprint density at radius 1 is 1.44 bits per heavy atom. The number of aliphatic hydroxyl groups excluding tert-OH is 2. The van der Waals surface area contributed by atoms with E-state index in [1.54, 1.807) is 0 Å². The second-order valence-electron chi connectivity index (χ2n) is 3.08. The number of hydrogen-bond donors (Lipinski definition) is 2. The van der Waals surface area contributed by atoms with Crippen molar-refractivity contribution in [2.45, 2.75) is 25.6 Å². The molecule has 1 unspecified atom stereocenters. The minimum Gasteiger partial charge on any atom is -0.469 e. The molecule has 0 aromatic carbocycles. The molecule has 0 saturated carbocycles. The van der Waals surface area contributed by atoms with Gasteiger partial charge in [0, 0.05) is 18.6 Å². The molecule has 2 N–H and O–H groups in total. The topological polar surface area (TPSA) is 93.1 Å². The molecular weight excluding hydrogens is 216 g/mol. The molecular formula is C10H16O6. The van der Waals surface area contributed by atoms with Crippen LogP contribution in [0.15, 0.2) is 12.2 Å². The second-order valence-corrected chi connectivity index (χ2v) is 3.08. The predicted octanol–water partition coefficient (Wildman–Crippen LogP) is -0.260. The highest BCUT2D eigenvalue weighted by Crippen LogP contribution is 2.06. The average molecular weight is 232 g/mol. The summed E-state index contributed by atoms with van der Waals surface area (Å²) in [5.74, 6) is -1.46. The number of carbonyl (C=O) groups excluding carboxylic acids is 2. The minimum atomic E-state index is -1.30. The highest BCUT2D eigenvalue weighted by molar-refractivity contribution is 5.93. The van der Waals surface area contributed by atoms with E-state index < -0.39 is 18.2 Å². The summed E-state index contributed by atoms with van der Waals surface area (Å²) >= 11 is 0. The fourth-order valence-corrected chi connectivity index (χ4v) is 0.850. The lowest BCUT2D eigenvalue weighted by atomic mass is 10.2. The molecule has 0 spiro atoms. The van der Waals surface area contributed by atoms with E-state index in [1.807, 2.05) is 0 Å². The van der Waals surface area contributed by atoms with E-state index in [9.17, 15) is 14.7 Å². The lowest BCUT2D eigenvalue weighted by Gasteiger charge is -2.11. The quantitative estimate of drug-likeness (QED) is 0.357. The molecule has 0 aliphatic heterocycles. The molecule has 0 saturated heterocycles. The van der Waals surface area contributed by atoms with E-state index >= 15 is 0 Å². The van der Waals surface area contributed by atoms with Crippen molar-refractivity contribution in [2.75, 3.05) is 13.7 Å². The van der Waals surface area contributed by atoms with Gasteiger partial charge in [0.25, 0.3) is 0 Å². The van der Waals surface area contributed by atoms with Crippen molar-refractivity contribution in [3.8, 4) is 0 Å². The van der Waals surface area contributed by atoms with E-state index in [2.05, 4.69) is 16.1 Å². The summed E-state index contributed by atoms with van der Waals surface area (Å²) in [6.07, 6.45) is -1.12. The van der Waals surface area contributed by atoms with Crippen LogP contribution < -0.4 is 0 Å². The molecule has 16 heavy (non-hydrogen) atoms. The Bertz CT molecular complexity index is 260. The van der Waals surface area contributed by atoms with Crippen LogP contribution in [-0.2, 0) is 19.1 Å². The number of rotatable bonds is 7. The summed E-state index contributed by atoms with van der Waals surface area (Å²) in [5, 5.41) is 17.7. The first-order chi connectivity index (χ1) is 7.51. The maximum atomic E-state index is 11.2. The van der Waals surface area contributed by atoms with Gasteiger partial charge in [-0.3, -0.25) is 4.79 Å². The molecule has 0 rings (SSSR count). The molecule has 6 nitrogen and oxygen atoms in total. The Morgan fingerprint density at radius 3 is 2.56 bits per heavy atom. The van der Waals surface area contributed by atoms with Gasteiger partial charge in [0.1, 0.15) is 0 Å². The van der Waals surface area contributed by atoms with Crippen LogP contribution in [0.5, 0.6) is 0 Å². The number of ether oxygens (including phenoxy) is 2. The van der Waals surface area contributed by atoms with Crippen LogP contribution in [0, 0.1) is 0 Å². The highest BCUT2D eigenvalue weighted by atomic mass is 16.6. The van der Waals surface area contributed by atoms with Gasteiger partial charge >= 0.3 is 11.9 Å². The number of aliphatic hydroxyl groups is 2. The van der Waals surface area contributed by atoms with Gasteiger partial charge in [-0.25, -0.2) is 4.79 Å². The second kappa shape index (κ2) is 7.84. The zero-order valence-corrected chi connectivity index (χ0v) is 9.14. The fourth-order valence-electron chi connectivity index (χ4n) is 0.850. The number of esters is 2. The summed E-state index contributed by atoms with van der Waals surface area (Å²) in [5.41, 5.74) is -0.0881. The van der Waals surface area contributed by atoms with Gasteiger partial charge in [0.15, 0.2) is 0 Å². The van der Waals surface area contributed by atoms with Crippen molar-refractivity contribution in [1.29, 1.82) is 0 Å². The molecule has 0 amide bonds. The van der Waals surface area contributed by atoms with Crippen LogP contribution in [0.4, 0.5) is 0 Å². The van der Waals surface area contributed by atoms with Crippen molar-refractivity contribution >= 4 is 11.9 Å². The number of hydrogen-bond acceptors (Lipinski definition) is 6. The van der Waals surface area contributed by atoms with Crippen LogP contribution >= 0.6 is 0 Å². The highest BCUT2D eigenvalue weighted by Gasteiger charge is 2.16. The fraction of sp³-hybridized carbons (Fsp3) is 0.600. The number of methoxy groups -OCH3 is 1. The standard InChI is InChI=1S/C10H16O6/c1-7(6-9(13)15-2)10(14)16-8(12)4-3-5-11/h8,11-12H,1,3-6H2,2H3. The van der Waals surface area contributed by atoms with Gasteiger partial charge < -0.3 is 19.7 Å². The maximum Gasteiger partial charge on any atom is 0.336 e. The lowest BCUT2D eigenvalue weighted by Crippen LogP contribution is -2.20. The van der Waals surface area contributed by atoms with Crippen LogP contribution in [0.3, 0.4) is 0 Å². The van der Waals surface area contributed by atoms with Gasteiger partial charge in [-0.05, 0) is 6.42 Å². The summed E-state index contributed by atoms with van der Waals surface area (Å²) < 4.78 is 8.90. The van der Waals surface area contributed by atoms with Gasteiger partial charge in [-0.1, -0.05) is 6.58 Å². The largest absolute Gasteiger partial charge is 0.469 e. The smallest absolute Gasteiger partial charge is 0.336 e. The van der Waals surface area contributed by atoms with Crippen LogP contribution in [0.2, 0.25) is 0 Å². The van der Waals surface area contributed by atoms with E-state index in [-0.39, 0.29) is 25.0 Å². The van der Waals surface area contributed by atoms with Crippen LogP contribution in [0.1, 0.15) is 19.3 Å². The Kier molecular flexibility index (Phi) is 7.15. The molecule has 0 fully saturated rings. The zero-order chi connectivity index (χ0) is 12.6. The molecule has 0 aliphatic rings. The van der Waals surface area contributed by atoms with E-state index in [4.69, 9.17) is 5.11 Å². The summed E-state index contributed by atoms with van der Waals surface area (Å²) in [6, 6.07) is 0. The van der Waals surface area contributed by atoms with E-state index in [0.717, 1.165) is 0 Å². The molecule has 92 valence electrons. The Balaban J connectivity index is 3.95. The van der Waals surface area contributed by atoms with Crippen molar-refractivity contribution in [2.24, 2.45) is 0 Å². The van der Waals surface area contributed by atoms with Crippen molar-refractivity contribution in [1.82, 2.24) is 0 Å². The van der Waals surface area contributed by atoms with Crippen molar-refractivity contribution in [3.05, 3.63) is 12.2 Å². The third kappa shape index (κ3) is 6.15. The maximum absolute atomic E-state index is 11.2. The molecule has 0 aliphatic carbocycles. The Hall–Kier alpha value is -1.40. The number of carbonyl (C=O) groups is 2.